The molecule has 0 aliphatic carbocycles. The van der Waals surface area contributed by atoms with E-state index < -0.39 is 35.5 Å². The standard InChI is InChI=1S/C9H3F5N2O2/c10-8(11)7-5(2-15)16-4(3-17)1-6(7)18-9(12,13)14/h1,3,8H. The lowest BCUT2D eigenvalue weighted by molar-refractivity contribution is -0.275. The molecule has 1 aromatic rings. The van der Waals surface area contributed by atoms with Gasteiger partial charge in [0, 0.05) is 6.07 Å². The second kappa shape index (κ2) is 4.95. The van der Waals surface area contributed by atoms with E-state index in [-0.39, 0.29) is 6.29 Å². The van der Waals surface area contributed by atoms with Gasteiger partial charge in [0.1, 0.15) is 17.5 Å². The minimum Gasteiger partial charge on any atom is -0.405 e. The van der Waals surface area contributed by atoms with Crippen LogP contribution in [0.2, 0.25) is 0 Å². The lowest BCUT2D eigenvalue weighted by atomic mass is 10.1. The highest BCUT2D eigenvalue weighted by Crippen LogP contribution is 2.34. The lowest BCUT2D eigenvalue weighted by Gasteiger charge is -2.13. The summed E-state index contributed by atoms with van der Waals surface area (Å²) in [6.07, 6.45) is -8.61. The first kappa shape index (κ1) is 13.8. The SMILES string of the molecule is N#Cc1nc(C=O)cc(OC(F)(F)F)c1C(F)F. The molecule has 0 fully saturated rings. The summed E-state index contributed by atoms with van der Waals surface area (Å²) in [7, 11) is 0. The molecule has 0 amide bonds. The average molecular weight is 266 g/mol. The second-order valence-corrected chi connectivity index (χ2v) is 2.89. The number of carbonyl (C=O) groups is 1. The minimum atomic E-state index is -5.22. The normalized spacial score (nSPS) is 11.2. The van der Waals surface area contributed by atoms with Gasteiger partial charge in [-0.3, -0.25) is 4.79 Å². The number of aromatic nitrogens is 1. The second-order valence-electron chi connectivity index (χ2n) is 2.89. The molecule has 9 heteroatoms. The summed E-state index contributed by atoms with van der Waals surface area (Å²) < 4.78 is 64.5. The maximum absolute atomic E-state index is 12.6. The predicted molar refractivity (Wildman–Crippen MR) is 46.0 cm³/mol. The van der Waals surface area contributed by atoms with Gasteiger partial charge < -0.3 is 4.74 Å². The van der Waals surface area contributed by atoms with Gasteiger partial charge in [-0.15, -0.1) is 13.2 Å². The van der Waals surface area contributed by atoms with Crippen LogP contribution in [0.3, 0.4) is 0 Å². The Hall–Kier alpha value is -2.24. The first-order valence-corrected chi connectivity index (χ1v) is 4.22. The monoisotopic (exact) mass is 266 g/mol. The van der Waals surface area contributed by atoms with Crippen LogP contribution in [0.1, 0.15) is 28.2 Å². The summed E-state index contributed by atoms with van der Waals surface area (Å²) in [5, 5.41) is 8.51. The van der Waals surface area contributed by atoms with Crippen LogP contribution in [0.4, 0.5) is 22.0 Å². The van der Waals surface area contributed by atoms with Crippen LogP contribution in [0.25, 0.3) is 0 Å². The maximum Gasteiger partial charge on any atom is 0.573 e. The fraction of sp³-hybridized carbons (Fsp3) is 0.222. The van der Waals surface area contributed by atoms with Gasteiger partial charge in [-0.25, -0.2) is 13.8 Å². The number of rotatable bonds is 3. The zero-order valence-corrected chi connectivity index (χ0v) is 8.33. The third-order valence-electron chi connectivity index (χ3n) is 1.71. The lowest BCUT2D eigenvalue weighted by Crippen LogP contribution is -2.19. The Balaban J connectivity index is 3.45. The van der Waals surface area contributed by atoms with Crippen LogP contribution in [0, 0.1) is 11.3 Å². The topological polar surface area (TPSA) is 63.0 Å². The molecule has 0 aliphatic rings. The summed E-state index contributed by atoms with van der Waals surface area (Å²) in [4.78, 5) is 13.5. The Morgan fingerprint density at radius 1 is 1.44 bits per heavy atom. The number of carbonyl (C=O) groups excluding carboxylic acids is 1. The van der Waals surface area contributed by atoms with E-state index in [9.17, 15) is 26.7 Å². The molecular weight excluding hydrogens is 263 g/mol. The van der Waals surface area contributed by atoms with Crippen LogP contribution < -0.4 is 4.74 Å². The molecule has 18 heavy (non-hydrogen) atoms. The van der Waals surface area contributed by atoms with Gasteiger partial charge in [-0.1, -0.05) is 0 Å². The van der Waals surface area contributed by atoms with E-state index in [2.05, 4.69) is 9.72 Å². The molecule has 96 valence electrons. The van der Waals surface area contributed by atoms with Crippen LogP contribution in [0.5, 0.6) is 5.75 Å². The molecule has 0 unspecified atom stereocenters. The Labute approximate surface area is 96.6 Å². The number of nitrogens with zero attached hydrogens (tertiary/aromatic N) is 2. The molecule has 0 spiro atoms. The molecule has 1 rings (SSSR count). The molecule has 4 nitrogen and oxygen atoms in total. The molecule has 0 saturated heterocycles. The van der Waals surface area contributed by atoms with Crippen molar-refractivity contribution >= 4 is 6.29 Å². The summed E-state index contributed by atoms with van der Waals surface area (Å²) in [6.45, 7) is 0. The molecule has 0 N–H and O–H groups in total. The summed E-state index contributed by atoms with van der Waals surface area (Å²) >= 11 is 0. The molecule has 1 heterocycles. The van der Waals surface area contributed by atoms with Gasteiger partial charge in [0.2, 0.25) is 0 Å². The first-order chi connectivity index (χ1) is 8.28. The van der Waals surface area contributed by atoms with Gasteiger partial charge in [-0.05, 0) is 0 Å². The molecule has 0 radical (unpaired) electrons. The molecule has 1 aromatic heterocycles. The predicted octanol–water partition coefficient (Wildman–Crippen LogP) is 2.60. The number of alkyl halides is 5. The minimum absolute atomic E-state index is 0.0132. The van der Waals surface area contributed by atoms with Crippen molar-refractivity contribution in [1.82, 2.24) is 4.98 Å². The van der Waals surface area contributed by atoms with Gasteiger partial charge in [0.15, 0.2) is 12.0 Å². The van der Waals surface area contributed by atoms with Crippen molar-refractivity contribution in [2.24, 2.45) is 0 Å². The van der Waals surface area contributed by atoms with Crippen molar-refractivity contribution < 1.29 is 31.5 Å². The highest BCUT2D eigenvalue weighted by molar-refractivity contribution is 5.73. The van der Waals surface area contributed by atoms with E-state index in [0.717, 1.165) is 0 Å². The van der Waals surface area contributed by atoms with Crippen LogP contribution in [-0.4, -0.2) is 17.6 Å². The fourth-order valence-corrected chi connectivity index (χ4v) is 1.12. The van der Waals surface area contributed by atoms with Crippen molar-refractivity contribution in [3.8, 4) is 11.8 Å². The number of hydrogen-bond acceptors (Lipinski definition) is 4. The number of ether oxygens (including phenoxy) is 1. The van der Waals surface area contributed by atoms with Crippen LogP contribution in [-0.2, 0) is 0 Å². The number of pyridine rings is 1. The van der Waals surface area contributed by atoms with Gasteiger partial charge >= 0.3 is 6.36 Å². The molecule has 0 aliphatic heterocycles. The fourth-order valence-electron chi connectivity index (χ4n) is 1.12. The average Bonchev–Trinajstić information content (AvgIpc) is 2.25. The molecule has 0 aromatic carbocycles. The van der Waals surface area contributed by atoms with E-state index >= 15 is 0 Å². The van der Waals surface area contributed by atoms with Crippen molar-refractivity contribution in [3.63, 3.8) is 0 Å². The van der Waals surface area contributed by atoms with Crippen LogP contribution >= 0.6 is 0 Å². The molecule has 0 bridgehead atoms. The van der Waals surface area contributed by atoms with E-state index in [1.807, 2.05) is 0 Å². The zero-order valence-electron chi connectivity index (χ0n) is 8.33. The number of halogens is 5. The quantitative estimate of drug-likeness (QED) is 0.623. The molecule has 0 atom stereocenters. The van der Waals surface area contributed by atoms with Crippen molar-refractivity contribution in [1.29, 1.82) is 5.26 Å². The Morgan fingerprint density at radius 3 is 2.44 bits per heavy atom. The first-order valence-electron chi connectivity index (χ1n) is 4.22. The Bertz CT molecular complexity index is 507. The third-order valence-corrected chi connectivity index (χ3v) is 1.71. The summed E-state index contributed by atoms with van der Waals surface area (Å²) in [5.41, 5.74) is -2.91. The van der Waals surface area contributed by atoms with E-state index in [4.69, 9.17) is 5.26 Å². The van der Waals surface area contributed by atoms with Gasteiger partial charge in [0.25, 0.3) is 6.43 Å². The smallest absolute Gasteiger partial charge is 0.405 e. The van der Waals surface area contributed by atoms with Crippen molar-refractivity contribution in [2.75, 3.05) is 0 Å². The van der Waals surface area contributed by atoms with E-state index in [1.54, 1.807) is 0 Å². The highest BCUT2D eigenvalue weighted by atomic mass is 19.4. The molecule has 0 saturated carbocycles. The number of nitriles is 1. The largest absolute Gasteiger partial charge is 0.573 e. The zero-order chi connectivity index (χ0) is 13.9. The van der Waals surface area contributed by atoms with Crippen molar-refractivity contribution in [2.45, 2.75) is 12.8 Å². The Morgan fingerprint density at radius 2 is 2.06 bits per heavy atom. The summed E-state index contributed by atoms with van der Waals surface area (Å²) in [6, 6.07) is 1.57. The molecular formula is C9H3F5N2O2. The Kier molecular flexibility index (Phi) is 3.80. The highest BCUT2D eigenvalue weighted by Gasteiger charge is 2.34. The van der Waals surface area contributed by atoms with Crippen molar-refractivity contribution in [3.05, 3.63) is 23.0 Å². The summed E-state index contributed by atoms with van der Waals surface area (Å²) in [5.74, 6) is -1.31. The van der Waals surface area contributed by atoms with E-state index in [1.165, 1.54) is 6.07 Å². The van der Waals surface area contributed by atoms with Crippen LogP contribution in [0.15, 0.2) is 6.07 Å². The van der Waals surface area contributed by atoms with E-state index in [0.29, 0.717) is 6.07 Å². The third kappa shape index (κ3) is 3.13. The number of hydrogen-bond donors (Lipinski definition) is 0. The number of aldehydes is 1. The van der Waals surface area contributed by atoms with Gasteiger partial charge in [-0.2, -0.15) is 5.26 Å². The maximum atomic E-state index is 12.6. The van der Waals surface area contributed by atoms with Gasteiger partial charge in [0.05, 0.1) is 5.56 Å².